The Bertz CT molecular complexity index is 697. The second kappa shape index (κ2) is 8.07. The maximum Gasteiger partial charge on any atom is 0.266 e. The number of hydrogen-bond acceptors (Lipinski definition) is 4. The maximum atomic E-state index is 12.7. The number of carbonyl (C=O) groups excluding carboxylic acids is 1. The minimum atomic E-state index is 0.00191. The van der Waals surface area contributed by atoms with Crippen LogP contribution in [0.4, 0.5) is 0 Å². The van der Waals surface area contributed by atoms with Gasteiger partial charge in [-0.15, -0.1) is 6.42 Å². The van der Waals surface area contributed by atoms with Crippen molar-refractivity contribution in [3.05, 3.63) is 34.7 Å². The molecule has 0 saturated carbocycles. The van der Waals surface area contributed by atoms with Crippen LogP contribution in [0.25, 0.3) is 6.08 Å². The molecule has 126 valence electrons. The summed E-state index contributed by atoms with van der Waals surface area (Å²) in [7, 11) is 0. The highest BCUT2D eigenvalue weighted by Gasteiger charge is 2.35. The highest BCUT2D eigenvalue weighted by Crippen LogP contribution is 2.34. The number of rotatable bonds is 5. The first-order valence-corrected chi connectivity index (χ1v) is 8.71. The molecule has 0 bridgehead atoms. The smallest absolute Gasteiger partial charge is 0.266 e. The van der Waals surface area contributed by atoms with Crippen LogP contribution in [0.3, 0.4) is 0 Å². The molecule has 1 saturated heterocycles. The first kappa shape index (κ1) is 18.2. The van der Waals surface area contributed by atoms with Gasteiger partial charge in [0, 0.05) is 12.1 Å². The molecule has 1 fully saturated rings. The molecule has 1 aromatic rings. The maximum absolute atomic E-state index is 12.7. The predicted octanol–water partition coefficient (Wildman–Crippen LogP) is 3.79. The van der Waals surface area contributed by atoms with E-state index in [-0.39, 0.29) is 24.6 Å². The van der Waals surface area contributed by atoms with E-state index in [4.69, 9.17) is 11.2 Å². The summed E-state index contributed by atoms with van der Waals surface area (Å²) >= 11 is 1.43. The van der Waals surface area contributed by atoms with Gasteiger partial charge in [-0.05, 0) is 63.2 Å². The van der Waals surface area contributed by atoms with Gasteiger partial charge >= 0.3 is 0 Å². The molecule has 2 rings (SSSR count). The summed E-state index contributed by atoms with van der Waals surface area (Å²) in [4.78, 5) is 19.7. The summed E-state index contributed by atoms with van der Waals surface area (Å²) < 4.78 is 5.35. The Hall–Kier alpha value is -2.19. The van der Waals surface area contributed by atoms with E-state index in [0.717, 1.165) is 10.7 Å². The molecular formula is C19H22N2O2S. The van der Waals surface area contributed by atoms with Crippen LogP contribution in [0.15, 0.2) is 34.2 Å². The summed E-state index contributed by atoms with van der Waals surface area (Å²) in [5.74, 6) is 3.15. The van der Waals surface area contributed by atoms with Crippen LogP contribution < -0.4 is 4.74 Å². The summed E-state index contributed by atoms with van der Waals surface area (Å²) in [5, 5.41) is 0.769. The molecule has 0 aromatic heterocycles. The fraction of sp³-hybridized carbons (Fsp3) is 0.368. The molecule has 0 atom stereocenters. The normalized spacial score (nSPS) is 18.0. The standard InChI is InChI=1S/C19H22N2O2S/c1-6-11-23-16-9-7-15(8-10-16)12-17-18(22)21(14(4)5)19(24-17)20-13(2)3/h1,7-10,12-14H,11H2,2-5H3/b17-12+,20-19?. The van der Waals surface area contributed by atoms with E-state index in [2.05, 4.69) is 10.9 Å². The Kier molecular flexibility index (Phi) is 6.10. The lowest BCUT2D eigenvalue weighted by atomic mass is 10.2. The van der Waals surface area contributed by atoms with Gasteiger partial charge in [0.1, 0.15) is 12.4 Å². The summed E-state index contributed by atoms with van der Waals surface area (Å²) in [6, 6.07) is 7.73. The number of terminal acetylenes is 1. The first-order valence-electron chi connectivity index (χ1n) is 7.89. The highest BCUT2D eigenvalue weighted by atomic mass is 32.2. The lowest BCUT2D eigenvalue weighted by molar-refractivity contribution is -0.123. The van der Waals surface area contributed by atoms with Crippen molar-refractivity contribution in [2.75, 3.05) is 6.61 Å². The van der Waals surface area contributed by atoms with Crippen LogP contribution >= 0.6 is 11.8 Å². The van der Waals surface area contributed by atoms with Crippen LogP contribution in [0.5, 0.6) is 5.75 Å². The van der Waals surface area contributed by atoms with Gasteiger partial charge in [-0.1, -0.05) is 18.1 Å². The van der Waals surface area contributed by atoms with Crippen LogP contribution in [0.2, 0.25) is 0 Å². The molecule has 1 heterocycles. The quantitative estimate of drug-likeness (QED) is 0.604. The molecule has 24 heavy (non-hydrogen) atoms. The lowest BCUT2D eigenvalue weighted by Gasteiger charge is -2.20. The molecule has 0 aliphatic carbocycles. The molecule has 1 aromatic carbocycles. The number of amidine groups is 1. The molecule has 4 nitrogen and oxygen atoms in total. The summed E-state index contributed by atoms with van der Waals surface area (Å²) in [6.07, 6.45) is 7.06. The number of carbonyl (C=O) groups is 1. The molecule has 0 N–H and O–H groups in total. The zero-order valence-electron chi connectivity index (χ0n) is 14.4. The SMILES string of the molecule is C#CCOc1ccc(/C=C2/SC(=NC(C)C)N(C(C)C)C2=O)cc1. The van der Waals surface area contributed by atoms with E-state index in [9.17, 15) is 4.79 Å². The first-order chi connectivity index (χ1) is 11.4. The number of nitrogens with zero attached hydrogens (tertiary/aromatic N) is 2. The van der Waals surface area contributed by atoms with Crippen LogP contribution in [0.1, 0.15) is 33.3 Å². The van der Waals surface area contributed by atoms with E-state index in [0.29, 0.717) is 10.7 Å². The Morgan fingerprint density at radius 2 is 1.96 bits per heavy atom. The fourth-order valence-electron chi connectivity index (χ4n) is 2.19. The number of benzene rings is 1. The van der Waals surface area contributed by atoms with Crippen molar-refractivity contribution < 1.29 is 9.53 Å². The summed E-state index contributed by atoms with van der Waals surface area (Å²) in [5.41, 5.74) is 0.938. The van der Waals surface area contributed by atoms with Crippen molar-refractivity contribution in [3.8, 4) is 18.1 Å². The fourth-order valence-corrected chi connectivity index (χ4v) is 3.42. The average molecular weight is 342 g/mol. The Morgan fingerprint density at radius 1 is 1.29 bits per heavy atom. The predicted molar refractivity (Wildman–Crippen MR) is 101 cm³/mol. The Balaban J connectivity index is 2.23. The molecular weight excluding hydrogens is 320 g/mol. The number of amides is 1. The second-order valence-electron chi connectivity index (χ2n) is 5.95. The van der Waals surface area contributed by atoms with Crippen LogP contribution in [0, 0.1) is 12.3 Å². The third kappa shape index (κ3) is 4.42. The lowest BCUT2D eigenvalue weighted by Crippen LogP contribution is -2.35. The zero-order chi connectivity index (χ0) is 17.7. The van der Waals surface area contributed by atoms with Crippen molar-refractivity contribution in [3.63, 3.8) is 0 Å². The minimum absolute atomic E-state index is 0.00191. The molecule has 0 radical (unpaired) electrons. The van der Waals surface area contributed by atoms with Crippen molar-refractivity contribution in [1.29, 1.82) is 0 Å². The monoisotopic (exact) mass is 342 g/mol. The van der Waals surface area contributed by atoms with Crippen LogP contribution in [-0.2, 0) is 4.79 Å². The van der Waals surface area contributed by atoms with Crippen molar-refractivity contribution in [2.24, 2.45) is 4.99 Å². The van der Waals surface area contributed by atoms with Gasteiger partial charge in [-0.3, -0.25) is 14.7 Å². The van der Waals surface area contributed by atoms with Gasteiger partial charge in [0.05, 0.1) is 4.91 Å². The Morgan fingerprint density at radius 3 is 2.50 bits per heavy atom. The molecule has 5 heteroatoms. The highest BCUT2D eigenvalue weighted by molar-refractivity contribution is 8.18. The van der Waals surface area contributed by atoms with E-state index in [1.54, 1.807) is 4.90 Å². The third-order valence-corrected chi connectivity index (χ3v) is 4.22. The topological polar surface area (TPSA) is 41.9 Å². The Labute approximate surface area is 148 Å². The van der Waals surface area contributed by atoms with E-state index in [1.165, 1.54) is 11.8 Å². The second-order valence-corrected chi connectivity index (χ2v) is 6.96. The molecule has 0 spiro atoms. The van der Waals surface area contributed by atoms with Crippen molar-refractivity contribution >= 4 is 28.9 Å². The van der Waals surface area contributed by atoms with Gasteiger partial charge in [-0.25, -0.2) is 0 Å². The van der Waals surface area contributed by atoms with Crippen LogP contribution in [-0.4, -0.2) is 34.7 Å². The molecule has 1 aliphatic rings. The van der Waals surface area contributed by atoms with Crippen molar-refractivity contribution in [1.82, 2.24) is 4.90 Å². The van der Waals surface area contributed by atoms with Gasteiger partial charge in [0.15, 0.2) is 5.17 Å². The number of thioether (sulfide) groups is 1. The third-order valence-electron chi connectivity index (χ3n) is 3.22. The van der Waals surface area contributed by atoms with Crippen molar-refractivity contribution in [2.45, 2.75) is 39.8 Å². The minimum Gasteiger partial charge on any atom is -0.481 e. The van der Waals surface area contributed by atoms with Gasteiger partial charge < -0.3 is 4.74 Å². The largest absolute Gasteiger partial charge is 0.481 e. The zero-order valence-corrected chi connectivity index (χ0v) is 15.3. The molecule has 0 unspecified atom stereocenters. The number of ether oxygens (including phenoxy) is 1. The number of hydrogen-bond donors (Lipinski definition) is 0. The van der Waals surface area contributed by atoms with E-state index >= 15 is 0 Å². The van der Waals surface area contributed by atoms with Gasteiger partial charge in [0.2, 0.25) is 0 Å². The van der Waals surface area contributed by atoms with Gasteiger partial charge in [0.25, 0.3) is 5.91 Å². The van der Waals surface area contributed by atoms with E-state index < -0.39 is 0 Å². The number of aliphatic imine (C=N–C) groups is 1. The molecule has 1 aliphatic heterocycles. The molecule has 1 amide bonds. The van der Waals surface area contributed by atoms with Gasteiger partial charge in [-0.2, -0.15) is 0 Å². The summed E-state index contributed by atoms with van der Waals surface area (Å²) in [6.45, 7) is 8.25. The average Bonchev–Trinajstić information content (AvgIpc) is 2.81. The van der Waals surface area contributed by atoms with E-state index in [1.807, 2.05) is 58.0 Å².